The molecule has 0 unspecified atom stereocenters. The van der Waals surface area contributed by atoms with Gasteiger partial charge in [0, 0.05) is 5.56 Å². The molecule has 0 aliphatic carbocycles. The highest BCUT2D eigenvalue weighted by molar-refractivity contribution is 6.33. The zero-order valence-corrected chi connectivity index (χ0v) is 10.9. The molecule has 0 fully saturated rings. The molecule has 0 saturated carbocycles. The number of anilines is 1. The number of amides is 1. The molecule has 0 saturated heterocycles. The summed E-state index contributed by atoms with van der Waals surface area (Å²) in [6, 6.07) is 7.29. The molecule has 3 N–H and O–H groups in total. The third-order valence-corrected chi connectivity index (χ3v) is 2.86. The number of halogens is 1. The van der Waals surface area contributed by atoms with Crippen molar-refractivity contribution in [3.63, 3.8) is 0 Å². The smallest absolute Gasteiger partial charge is 0.404 e. The van der Waals surface area contributed by atoms with Crippen LogP contribution in [0.1, 0.15) is 16.1 Å². The molecule has 7 nitrogen and oxygen atoms in total. The Hall–Kier alpha value is -2.54. The van der Waals surface area contributed by atoms with E-state index in [1.807, 2.05) is 0 Å². The van der Waals surface area contributed by atoms with Gasteiger partial charge in [0.25, 0.3) is 0 Å². The molecule has 8 heteroatoms. The van der Waals surface area contributed by atoms with Gasteiger partial charge in [-0.1, -0.05) is 11.6 Å². The maximum atomic E-state index is 11.1. The minimum atomic E-state index is -0.621. The highest BCUT2D eigenvalue weighted by atomic mass is 35.5. The topological polar surface area (TPSA) is 111 Å². The Kier molecular flexibility index (Phi) is 3.90. The van der Waals surface area contributed by atoms with E-state index < -0.39 is 10.8 Å². The molecule has 0 aliphatic rings. The first-order valence-electron chi connectivity index (χ1n) is 5.53. The fourth-order valence-corrected chi connectivity index (χ4v) is 1.74. The van der Waals surface area contributed by atoms with Gasteiger partial charge < -0.3 is 15.5 Å². The number of hydrogen-bond donors (Lipinski definition) is 2. The van der Waals surface area contributed by atoms with Gasteiger partial charge in [-0.2, -0.15) is 0 Å². The zero-order valence-electron chi connectivity index (χ0n) is 10.1. The Morgan fingerprint density at radius 3 is 2.75 bits per heavy atom. The first kappa shape index (κ1) is 13.9. The van der Waals surface area contributed by atoms with Crippen molar-refractivity contribution in [3.05, 3.63) is 56.8 Å². The van der Waals surface area contributed by atoms with Gasteiger partial charge in [-0.05, 0) is 24.3 Å². The third-order valence-electron chi connectivity index (χ3n) is 2.53. The highest BCUT2D eigenvalue weighted by Gasteiger charge is 2.12. The lowest BCUT2D eigenvalue weighted by molar-refractivity contribution is -0.402. The van der Waals surface area contributed by atoms with E-state index in [0.717, 1.165) is 0 Å². The summed E-state index contributed by atoms with van der Waals surface area (Å²) in [5.41, 5.74) is 5.97. The van der Waals surface area contributed by atoms with Gasteiger partial charge in [0.1, 0.15) is 10.7 Å². The average molecular weight is 296 g/mol. The number of nitrogens with one attached hydrogen (secondary N) is 1. The minimum Gasteiger partial charge on any atom is -0.404 e. The maximum Gasteiger partial charge on any atom is 0.433 e. The maximum absolute atomic E-state index is 11.1. The fraction of sp³-hybridized carbons (Fsp3) is 0.0833. The number of nitrogens with zero attached hydrogens (tertiary/aromatic N) is 1. The number of carbonyl (C=O) groups is 1. The Balaban J connectivity index is 2.11. The fourth-order valence-electron chi connectivity index (χ4n) is 1.56. The van der Waals surface area contributed by atoms with Crippen LogP contribution >= 0.6 is 11.6 Å². The van der Waals surface area contributed by atoms with Crippen LogP contribution < -0.4 is 11.1 Å². The predicted molar refractivity (Wildman–Crippen MR) is 72.7 cm³/mol. The summed E-state index contributed by atoms with van der Waals surface area (Å²) < 4.78 is 4.99. The monoisotopic (exact) mass is 295 g/mol. The normalized spacial score (nSPS) is 10.2. The molecule has 1 amide bonds. The lowest BCUT2D eigenvalue weighted by Crippen LogP contribution is -2.11. The Morgan fingerprint density at radius 2 is 2.15 bits per heavy atom. The summed E-state index contributed by atoms with van der Waals surface area (Å²) in [5.74, 6) is -0.533. The SMILES string of the molecule is NC(=O)c1ccc(Cl)c(NCc2ccc([N+](=O)[O-])o2)c1. The van der Waals surface area contributed by atoms with Gasteiger partial charge in [0.15, 0.2) is 0 Å². The molecule has 0 bridgehead atoms. The number of nitrogens with two attached hydrogens (primary N) is 1. The highest BCUT2D eigenvalue weighted by Crippen LogP contribution is 2.24. The van der Waals surface area contributed by atoms with Gasteiger partial charge >= 0.3 is 5.88 Å². The molecular weight excluding hydrogens is 286 g/mol. The van der Waals surface area contributed by atoms with Gasteiger partial charge in [0.2, 0.25) is 5.91 Å². The molecule has 20 heavy (non-hydrogen) atoms. The van der Waals surface area contributed by atoms with E-state index in [1.165, 1.54) is 30.3 Å². The van der Waals surface area contributed by atoms with E-state index in [0.29, 0.717) is 22.0 Å². The summed E-state index contributed by atoms with van der Waals surface area (Å²) in [6.45, 7) is 0.190. The van der Waals surface area contributed by atoms with Crippen LogP contribution in [0.4, 0.5) is 11.6 Å². The Labute approximate surface area is 118 Å². The van der Waals surface area contributed by atoms with E-state index in [1.54, 1.807) is 0 Å². The lowest BCUT2D eigenvalue weighted by Gasteiger charge is -2.07. The van der Waals surface area contributed by atoms with Crippen molar-refractivity contribution < 1.29 is 14.1 Å². The number of hydrogen-bond acceptors (Lipinski definition) is 5. The van der Waals surface area contributed by atoms with Crippen LogP contribution in [0, 0.1) is 10.1 Å². The molecule has 0 aliphatic heterocycles. The van der Waals surface area contributed by atoms with Crippen molar-refractivity contribution in [1.82, 2.24) is 0 Å². The van der Waals surface area contributed by atoms with Crippen molar-refractivity contribution in [2.75, 3.05) is 5.32 Å². The number of carbonyl (C=O) groups excluding carboxylic acids is 1. The van der Waals surface area contributed by atoms with E-state index in [-0.39, 0.29) is 12.4 Å². The average Bonchev–Trinajstić information content (AvgIpc) is 2.86. The molecule has 104 valence electrons. The van der Waals surface area contributed by atoms with Crippen LogP contribution in [-0.4, -0.2) is 10.8 Å². The van der Waals surface area contributed by atoms with Crippen LogP contribution in [0.25, 0.3) is 0 Å². The largest absolute Gasteiger partial charge is 0.433 e. The molecule has 2 rings (SSSR count). The second kappa shape index (κ2) is 5.62. The second-order valence-electron chi connectivity index (χ2n) is 3.91. The molecule has 2 aromatic rings. The summed E-state index contributed by atoms with van der Waals surface area (Å²) in [7, 11) is 0. The number of rotatable bonds is 5. The van der Waals surface area contributed by atoms with E-state index in [2.05, 4.69) is 5.32 Å². The molecule has 1 aromatic carbocycles. The van der Waals surface area contributed by atoms with Crippen molar-refractivity contribution in [2.24, 2.45) is 5.73 Å². The molecule has 1 aromatic heterocycles. The Bertz CT molecular complexity index is 668. The number of primary amides is 1. The second-order valence-corrected chi connectivity index (χ2v) is 4.32. The van der Waals surface area contributed by atoms with Gasteiger partial charge in [-0.3, -0.25) is 14.9 Å². The Morgan fingerprint density at radius 1 is 1.40 bits per heavy atom. The van der Waals surface area contributed by atoms with Crippen molar-refractivity contribution in [2.45, 2.75) is 6.54 Å². The van der Waals surface area contributed by atoms with Gasteiger partial charge in [-0.15, -0.1) is 0 Å². The van der Waals surface area contributed by atoms with Crippen LogP contribution in [0.3, 0.4) is 0 Å². The van der Waals surface area contributed by atoms with E-state index in [9.17, 15) is 14.9 Å². The first-order valence-corrected chi connectivity index (χ1v) is 5.91. The minimum absolute atomic E-state index is 0.190. The van der Waals surface area contributed by atoms with Gasteiger partial charge in [-0.25, -0.2) is 0 Å². The van der Waals surface area contributed by atoms with Crippen molar-refractivity contribution >= 4 is 29.1 Å². The van der Waals surface area contributed by atoms with E-state index in [4.69, 9.17) is 21.8 Å². The van der Waals surface area contributed by atoms with Crippen molar-refractivity contribution in [1.29, 1.82) is 0 Å². The van der Waals surface area contributed by atoms with Crippen LogP contribution in [0.5, 0.6) is 0 Å². The molecule has 0 atom stereocenters. The lowest BCUT2D eigenvalue weighted by atomic mass is 10.2. The summed E-state index contributed by atoms with van der Waals surface area (Å²) in [4.78, 5) is 20.9. The van der Waals surface area contributed by atoms with Crippen LogP contribution in [-0.2, 0) is 6.54 Å². The van der Waals surface area contributed by atoms with Crippen molar-refractivity contribution in [3.8, 4) is 0 Å². The molecule has 0 radical (unpaired) electrons. The van der Waals surface area contributed by atoms with Gasteiger partial charge in [0.05, 0.1) is 23.3 Å². The quantitative estimate of drug-likeness (QED) is 0.650. The number of nitro groups is 1. The number of furan rings is 1. The summed E-state index contributed by atoms with van der Waals surface area (Å²) >= 11 is 5.97. The molecule has 1 heterocycles. The summed E-state index contributed by atoms with van der Waals surface area (Å²) in [6.07, 6.45) is 0. The molecular formula is C12H10ClN3O4. The predicted octanol–water partition coefficient (Wildman–Crippen LogP) is 2.55. The standard InChI is InChI=1S/C12H10ClN3O4/c13-9-3-1-7(12(14)17)5-10(9)15-6-8-2-4-11(20-8)16(18)19/h1-5,15H,6H2,(H2,14,17). The van der Waals surface area contributed by atoms with Crippen LogP contribution in [0.2, 0.25) is 5.02 Å². The molecule has 0 spiro atoms. The van der Waals surface area contributed by atoms with Crippen LogP contribution in [0.15, 0.2) is 34.7 Å². The van der Waals surface area contributed by atoms with E-state index >= 15 is 0 Å². The third kappa shape index (κ3) is 3.07. The summed E-state index contributed by atoms with van der Waals surface area (Å²) in [5, 5.41) is 13.8. The first-order chi connectivity index (χ1) is 9.47. The number of benzene rings is 1. The zero-order chi connectivity index (χ0) is 14.7.